The lowest BCUT2D eigenvalue weighted by atomic mass is 9.92. The number of anilines is 1. The van der Waals surface area contributed by atoms with Crippen molar-refractivity contribution in [1.82, 2.24) is 10.2 Å². The molecule has 2 aromatic rings. The number of benzene rings is 1. The van der Waals surface area contributed by atoms with Gasteiger partial charge in [-0.15, -0.1) is 0 Å². The number of fused-ring (bicyclic) bond motifs is 2. The molecule has 0 amide bonds. The molecule has 0 radical (unpaired) electrons. The Morgan fingerprint density at radius 1 is 1.04 bits per heavy atom. The van der Waals surface area contributed by atoms with Crippen LogP contribution in [0.5, 0.6) is 11.5 Å². The monoisotopic (exact) mass is 322 g/mol. The third-order valence-corrected chi connectivity index (χ3v) is 4.51. The van der Waals surface area contributed by atoms with Crippen LogP contribution in [0.4, 0.5) is 5.69 Å². The number of hydrogen-bond acceptors (Lipinski definition) is 6. The Bertz CT molecular complexity index is 888. The molecule has 0 saturated carbocycles. The van der Waals surface area contributed by atoms with Crippen molar-refractivity contribution < 1.29 is 9.47 Å². The van der Waals surface area contributed by atoms with Crippen molar-refractivity contribution >= 4 is 22.3 Å². The van der Waals surface area contributed by atoms with Crippen LogP contribution in [0.25, 0.3) is 10.9 Å². The molecule has 6 heteroatoms. The van der Waals surface area contributed by atoms with Crippen LogP contribution < -0.4 is 14.5 Å². The van der Waals surface area contributed by atoms with Crippen LogP contribution in [0.15, 0.2) is 47.7 Å². The predicted molar refractivity (Wildman–Crippen MR) is 93.8 cm³/mol. The summed E-state index contributed by atoms with van der Waals surface area (Å²) < 4.78 is 10.8. The van der Waals surface area contributed by atoms with E-state index >= 15 is 0 Å². The maximum absolute atomic E-state index is 5.44. The minimum atomic E-state index is 0.162. The van der Waals surface area contributed by atoms with Gasteiger partial charge in [0.15, 0.2) is 11.5 Å². The van der Waals surface area contributed by atoms with E-state index in [2.05, 4.69) is 41.4 Å². The van der Waals surface area contributed by atoms with Crippen molar-refractivity contribution in [2.24, 2.45) is 11.0 Å². The van der Waals surface area contributed by atoms with Gasteiger partial charge in [-0.25, -0.2) is 0 Å². The Kier molecular flexibility index (Phi) is 3.45. The van der Waals surface area contributed by atoms with Gasteiger partial charge in [0.25, 0.3) is 0 Å². The predicted octanol–water partition coefficient (Wildman–Crippen LogP) is 2.95. The smallest absolute Gasteiger partial charge is 0.162 e. The van der Waals surface area contributed by atoms with E-state index in [1.165, 1.54) is 0 Å². The summed E-state index contributed by atoms with van der Waals surface area (Å²) in [6.45, 7) is 2.06. The topological polar surface area (TPSA) is 59.8 Å². The fraction of sp³-hybridized carbons (Fsp3) is 0.278. The first-order valence-electron chi connectivity index (χ1n) is 7.79. The van der Waals surface area contributed by atoms with E-state index in [1.807, 2.05) is 17.1 Å². The molecule has 6 nitrogen and oxygen atoms in total. The van der Waals surface area contributed by atoms with E-state index in [9.17, 15) is 0 Å². The summed E-state index contributed by atoms with van der Waals surface area (Å²) in [5.41, 5.74) is 2.75. The van der Waals surface area contributed by atoms with E-state index in [0.29, 0.717) is 17.4 Å². The molecule has 4 rings (SSSR count). The van der Waals surface area contributed by atoms with Gasteiger partial charge in [0.1, 0.15) is 0 Å². The number of hydrazone groups is 1. The largest absolute Gasteiger partial charge is 0.493 e. The van der Waals surface area contributed by atoms with Gasteiger partial charge in [0, 0.05) is 23.1 Å². The van der Waals surface area contributed by atoms with Gasteiger partial charge >= 0.3 is 0 Å². The molecule has 0 spiro atoms. The zero-order valence-electron chi connectivity index (χ0n) is 13.8. The van der Waals surface area contributed by atoms with E-state index in [0.717, 1.165) is 22.3 Å². The second kappa shape index (κ2) is 5.63. The van der Waals surface area contributed by atoms with Crippen molar-refractivity contribution in [2.45, 2.75) is 13.0 Å². The van der Waals surface area contributed by atoms with Crippen LogP contribution in [0.3, 0.4) is 0 Å². The van der Waals surface area contributed by atoms with Crippen molar-refractivity contribution in [3.8, 4) is 11.5 Å². The summed E-state index contributed by atoms with van der Waals surface area (Å²) in [6, 6.07) is 3.93. The summed E-state index contributed by atoms with van der Waals surface area (Å²) in [7, 11) is 3.24. The van der Waals surface area contributed by atoms with Gasteiger partial charge in [0.05, 0.1) is 37.7 Å². The van der Waals surface area contributed by atoms with E-state index in [-0.39, 0.29) is 6.04 Å². The summed E-state index contributed by atoms with van der Waals surface area (Å²) >= 11 is 0. The van der Waals surface area contributed by atoms with Crippen molar-refractivity contribution in [3.63, 3.8) is 0 Å². The number of hydrogen-bond donors (Lipinski definition) is 0. The zero-order valence-corrected chi connectivity index (χ0v) is 13.8. The molecule has 1 aromatic heterocycles. The van der Waals surface area contributed by atoms with Gasteiger partial charge in [-0.1, -0.05) is 24.3 Å². The van der Waals surface area contributed by atoms with Gasteiger partial charge in [-0.2, -0.15) is 15.3 Å². The lowest BCUT2D eigenvalue weighted by molar-refractivity contribution is 0.355. The van der Waals surface area contributed by atoms with Crippen LogP contribution in [0.2, 0.25) is 0 Å². The molecule has 2 unspecified atom stereocenters. The average molecular weight is 322 g/mol. The number of methoxy groups -OCH3 is 2. The maximum Gasteiger partial charge on any atom is 0.162 e. The van der Waals surface area contributed by atoms with Crippen LogP contribution >= 0.6 is 0 Å². The molecule has 2 heterocycles. The Hall–Kier alpha value is -2.89. The maximum atomic E-state index is 5.44. The highest BCUT2D eigenvalue weighted by atomic mass is 16.5. The highest BCUT2D eigenvalue weighted by molar-refractivity contribution is 5.97. The van der Waals surface area contributed by atoms with Crippen molar-refractivity contribution in [2.75, 3.05) is 19.2 Å². The third kappa shape index (κ3) is 2.14. The number of aromatic nitrogens is 2. The zero-order chi connectivity index (χ0) is 16.7. The highest BCUT2D eigenvalue weighted by Crippen LogP contribution is 2.39. The van der Waals surface area contributed by atoms with Crippen LogP contribution in [-0.2, 0) is 0 Å². The first kappa shape index (κ1) is 14.7. The molecule has 24 heavy (non-hydrogen) atoms. The highest BCUT2D eigenvalue weighted by Gasteiger charge is 2.34. The normalized spacial score (nSPS) is 21.8. The summed E-state index contributed by atoms with van der Waals surface area (Å²) in [6.07, 6.45) is 10.2. The summed E-state index contributed by atoms with van der Waals surface area (Å²) in [5, 5.41) is 16.1. The molecular formula is C18H18N4O2. The lowest BCUT2D eigenvalue weighted by Crippen LogP contribution is -2.31. The number of rotatable bonds is 3. The first-order chi connectivity index (χ1) is 11.7. The molecule has 0 fully saturated rings. The molecular weight excluding hydrogens is 304 g/mol. The molecule has 1 aliphatic heterocycles. The Morgan fingerprint density at radius 3 is 2.58 bits per heavy atom. The average Bonchev–Trinajstić information content (AvgIpc) is 2.97. The molecule has 1 aliphatic carbocycles. The van der Waals surface area contributed by atoms with Crippen LogP contribution in [0.1, 0.15) is 6.92 Å². The van der Waals surface area contributed by atoms with Gasteiger partial charge in [0.2, 0.25) is 0 Å². The van der Waals surface area contributed by atoms with Gasteiger partial charge < -0.3 is 9.47 Å². The number of ether oxygens (including phenoxy) is 2. The molecule has 2 aliphatic rings. The third-order valence-electron chi connectivity index (χ3n) is 4.51. The van der Waals surface area contributed by atoms with Crippen molar-refractivity contribution in [3.05, 3.63) is 42.6 Å². The molecule has 1 aromatic carbocycles. The fourth-order valence-corrected chi connectivity index (χ4v) is 3.29. The summed E-state index contributed by atoms with van der Waals surface area (Å²) in [5.74, 6) is 1.59. The van der Waals surface area contributed by atoms with E-state index in [4.69, 9.17) is 14.6 Å². The SMILES string of the molecule is COc1cc2nncc(N3N=C(C)C4C=CC=CC43)c2cc1OC. The number of nitrogens with zero attached hydrogens (tertiary/aromatic N) is 4. The minimum absolute atomic E-state index is 0.162. The molecule has 0 saturated heterocycles. The molecule has 122 valence electrons. The Labute approximate surface area is 140 Å². The Morgan fingerprint density at radius 2 is 1.79 bits per heavy atom. The van der Waals surface area contributed by atoms with Gasteiger partial charge in [-0.05, 0) is 13.0 Å². The van der Waals surface area contributed by atoms with Crippen molar-refractivity contribution in [1.29, 1.82) is 0 Å². The molecule has 0 bridgehead atoms. The van der Waals surface area contributed by atoms with Crippen LogP contribution in [-0.4, -0.2) is 36.2 Å². The lowest BCUT2D eigenvalue weighted by Gasteiger charge is -2.26. The van der Waals surface area contributed by atoms with Crippen LogP contribution in [0, 0.1) is 5.92 Å². The molecule has 2 atom stereocenters. The fourth-order valence-electron chi connectivity index (χ4n) is 3.29. The second-order valence-corrected chi connectivity index (χ2v) is 5.83. The first-order valence-corrected chi connectivity index (χ1v) is 7.79. The molecule has 0 N–H and O–H groups in total. The quantitative estimate of drug-likeness (QED) is 0.869. The standard InChI is InChI=1S/C18H18N4O2/c1-11-12-6-4-5-7-15(12)22(21-11)16-10-19-20-14-9-18(24-3)17(23-2)8-13(14)16/h4-10,12,15H,1-3H3. The second-order valence-electron chi connectivity index (χ2n) is 5.83. The number of allylic oxidation sites excluding steroid dienone is 2. The minimum Gasteiger partial charge on any atom is -0.493 e. The summed E-state index contributed by atoms with van der Waals surface area (Å²) in [4.78, 5) is 0. The van der Waals surface area contributed by atoms with E-state index < -0.39 is 0 Å². The van der Waals surface area contributed by atoms with Gasteiger partial charge in [-0.3, -0.25) is 5.01 Å². The van der Waals surface area contributed by atoms with E-state index in [1.54, 1.807) is 20.4 Å². The Balaban J connectivity index is 1.88.